The van der Waals surface area contributed by atoms with Gasteiger partial charge in [-0.3, -0.25) is 9.36 Å². The number of hydrogen-bond acceptors (Lipinski definition) is 11. The maximum Gasteiger partial charge on any atom is 0.508 e. The van der Waals surface area contributed by atoms with Gasteiger partial charge in [-0.1, -0.05) is 13.8 Å². The fourth-order valence-electron chi connectivity index (χ4n) is 3.33. The first kappa shape index (κ1) is 25.8. The summed E-state index contributed by atoms with van der Waals surface area (Å²) in [6.45, 7) is 8.16. The van der Waals surface area contributed by atoms with E-state index in [4.69, 9.17) is 41.0 Å². The van der Waals surface area contributed by atoms with Crippen LogP contribution in [0.4, 0.5) is 15.0 Å². The lowest BCUT2D eigenvalue weighted by molar-refractivity contribution is -0.279. The number of carbonyl (C=O) groups excluding carboxylic acids is 2. The molecule has 188 valence electrons. The number of anilines is 1. The molecule has 4 atom stereocenters. The average Bonchev–Trinajstić information content (AvgIpc) is 3.25. The molecule has 3 rings (SSSR count). The van der Waals surface area contributed by atoms with Gasteiger partial charge in [0.05, 0.1) is 18.5 Å². The molecule has 0 saturated carbocycles. The molecule has 12 nitrogen and oxygen atoms in total. The lowest BCUT2D eigenvalue weighted by Gasteiger charge is -2.35. The Balaban J connectivity index is 1.98. The van der Waals surface area contributed by atoms with E-state index < -0.39 is 42.7 Å². The number of imidazole rings is 1. The van der Waals surface area contributed by atoms with Crippen LogP contribution < -0.4 is 5.73 Å². The van der Waals surface area contributed by atoms with Crippen molar-refractivity contribution >= 4 is 41.2 Å². The summed E-state index contributed by atoms with van der Waals surface area (Å²) in [7, 11) is 0. The molecule has 1 fully saturated rings. The number of nitrogens with two attached hydrogens (primary N) is 1. The standard InChI is InChI=1S/C20H27ClFN5O7/c1-10(2)6-30-18(29)31-7-20(32-9-28)13(33-19(3,4)5)11(22)16(34-20)27-8-24-12-14(23)25-17(21)26-15(12)27/h8-11,13,16H,6-7H2,1-5H3,(H2,23,25,26). The van der Waals surface area contributed by atoms with Crippen LogP contribution in [-0.2, 0) is 28.5 Å². The third kappa shape index (κ3) is 5.47. The van der Waals surface area contributed by atoms with Gasteiger partial charge in [-0.15, -0.1) is 0 Å². The van der Waals surface area contributed by atoms with Crippen LogP contribution in [0.15, 0.2) is 6.33 Å². The molecule has 0 bridgehead atoms. The van der Waals surface area contributed by atoms with Crippen molar-refractivity contribution in [1.82, 2.24) is 19.5 Å². The molecule has 0 spiro atoms. The Bertz CT molecular complexity index is 1050. The molecule has 0 amide bonds. The van der Waals surface area contributed by atoms with Crippen LogP contribution in [0, 0.1) is 5.92 Å². The molecular weight excluding hydrogens is 477 g/mol. The number of aromatic nitrogens is 4. The number of hydrogen-bond donors (Lipinski definition) is 1. The zero-order chi connectivity index (χ0) is 25.3. The Kier molecular flexibility index (Phi) is 7.48. The Morgan fingerprint density at radius 3 is 2.71 bits per heavy atom. The molecule has 2 aromatic rings. The summed E-state index contributed by atoms with van der Waals surface area (Å²) in [4.78, 5) is 35.4. The molecule has 0 radical (unpaired) electrons. The summed E-state index contributed by atoms with van der Waals surface area (Å²) in [5.74, 6) is -2.10. The molecular formula is C20H27ClFN5O7. The minimum atomic E-state index is -2.14. The average molecular weight is 504 g/mol. The van der Waals surface area contributed by atoms with Crippen LogP contribution in [0.5, 0.6) is 0 Å². The number of nitrogens with zero attached hydrogens (tertiary/aromatic N) is 4. The van der Waals surface area contributed by atoms with E-state index >= 15 is 4.39 Å². The number of nitrogen functional groups attached to an aromatic ring is 1. The Hall–Kier alpha value is -2.77. The number of ether oxygens (including phenoxy) is 5. The maximum absolute atomic E-state index is 15.9. The van der Waals surface area contributed by atoms with Crippen molar-refractivity contribution < 1.29 is 37.7 Å². The molecule has 2 aromatic heterocycles. The first-order valence-corrected chi connectivity index (χ1v) is 10.8. The molecule has 0 aliphatic carbocycles. The highest BCUT2D eigenvalue weighted by Crippen LogP contribution is 2.44. The summed E-state index contributed by atoms with van der Waals surface area (Å²) >= 11 is 5.91. The molecule has 34 heavy (non-hydrogen) atoms. The number of halogens is 2. The summed E-state index contributed by atoms with van der Waals surface area (Å²) < 4.78 is 44.1. The van der Waals surface area contributed by atoms with Gasteiger partial charge >= 0.3 is 6.16 Å². The number of carbonyl (C=O) groups is 2. The smallest absolute Gasteiger partial charge is 0.434 e. The summed E-state index contributed by atoms with van der Waals surface area (Å²) in [5.41, 5.74) is 5.18. The van der Waals surface area contributed by atoms with Gasteiger partial charge in [-0.05, 0) is 38.3 Å². The molecule has 4 unspecified atom stereocenters. The zero-order valence-electron chi connectivity index (χ0n) is 19.4. The van der Waals surface area contributed by atoms with E-state index in [9.17, 15) is 9.59 Å². The van der Waals surface area contributed by atoms with Crippen LogP contribution in [0.25, 0.3) is 11.2 Å². The first-order chi connectivity index (χ1) is 15.9. The van der Waals surface area contributed by atoms with E-state index in [-0.39, 0.29) is 41.3 Å². The van der Waals surface area contributed by atoms with Gasteiger partial charge in [0, 0.05) is 0 Å². The molecule has 14 heteroatoms. The predicted octanol–water partition coefficient (Wildman–Crippen LogP) is 2.79. The van der Waals surface area contributed by atoms with Gasteiger partial charge in [0.15, 0.2) is 36.6 Å². The third-order valence-corrected chi connectivity index (χ3v) is 4.83. The Labute approximate surface area is 199 Å². The zero-order valence-corrected chi connectivity index (χ0v) is 20.1. The van der Waals surface area contributed by atoms with Gasteiger partial charge < -0.3 is 29.4 Å². The lowest BCUT2D eigenvalue weighted by Crippen LogP contribution is -2.52. The van der Waals surface area contributed by atoms with Crippen LogP contribution in [0.3, 0.4) is 0 Å². The first-order valence-electron chi connectivity index (χ1n) is 10.4. The molecule has 0 aromatic carbocycles. The number of alkyl halides is 1. The molecule has 1 saturated heterocycles. The second-order valence-corrected chi connectivity index (χ2v) is 9.41. The second-order valence-electron chi connectivity index (χ2n) is 9.08. The predicted molar refractivity (Wildman–Crippen MR) is 116 cm³/mol. The lowest BCUT2D eigenvalue weighted by atomic mass is 10.1. The van der Waals surface area contributed by atoms with Crippen molar-refractivity contribution in [2.75, 3.05) is 18.9 Å². The number of rotatable bonds is 8. The SMILES string of the molecule is CC(C)COC(=O)OCC1(OC=O)OC(n2cnc3c(N)nc(Cl)nc32)C(F)C1OC(C)(C)C. The van der Waals surface area contributed by atoms with Crippen molar-refractivity contribution in [3.05, 3.63) is 11.6 Å². The topological polar surface area (TPSA) is 150 Å². The van der Waals surface area contributed by atoms with Crippen LogP contribution in [0.1, 0.15) is 40.8 Å². The monoisotopic (exact) mass is 503 g/mol. The van der Waals surface area contributed by atoms with E-state index in [1.54, 1.807) is 20.8 Å². The summed E-state index contributed by atoms with van der Waals surface area (Å²) in [6.07, 6.45) is -4.71. The maximum atomic E-state index is 15.9. The largest absolute Gasteiger partial charge is 0.508 e. The molecule has 3 heterocycles. The normalized spacial score (nSPS) is 25.0. The quantitative estimate of drug-likeness (QED) is 0.321. The Morgan fingerprint density at radius 2 is 2.09 bits per heavy atom. The minimum absolute atomic E-state index is 0.0173. The second kappa shape index (κ2) is 9.84. The van der Waals surface area contributed by atoms with Crippen molar-refractivity contribution in [2.24, 2.45) is 5.92 Å². The summed E-state index contributed by atoms with van der Waals surface area (Å²) in [5, 5.41) is -0.186. The van der Waals surface area contributed by atoms with E-state index in [0.717, 1.165) is 0 Å². The van der Waals surface area contributed by atoms with Gasteiger partial charge in [-0.2, -0.15) is 9.97 Å². The van der Waals surface area contributed by atoms with Gasteiger partial charge in [0.25, 0.3) is 12.3 Å². The van der Waals surface area contributed by atoms with Crippen molar-refractivity contribution in [2.45, 2.75) is 64.5 Å². The van der Waals surface area contributed by atoms with Crippen molar-refractivity contribution in [1.29, 1.82) is 0 Å². The van der Waals surface area contributed by atoms with Gasteiger partial charge in [-0.25, -0.2) is 14.2 Å². The highest BCUT2D eigenvalue weighted by molar-refractivity contribution is 6.28. The van der Waals surface area contributed by atoms with E-state index in [0.29, 0.717) is 0 Å². The summed E-state index contributed by atoms with van der Waals surface area (Å²) in [6, 6.07) is 0. The van der Waals surface area contributed by atoms with Gasteiger partial charge in [0.2, 0.25) is 5.28 Å². The van der Waals surface area contributed by atoms with Gasteiger partial charge in [0.1, 0.15) is 5.52 Å². The number of fused-ring (bicyclic) bond motifs is 1. The molecule has 1 aliphatic heterocycles. The van der Waals surface area contributed by atoms with E-state index in [1.165, 1.54) is 10.9 Å². The third-order valence-electron chi connectivity index (χ3n) is 4.66. The Morgan fingerprint density at radius 1 is 1.38 bits per heavy atom. The highest BCUT2D eigenvalue weighted by Gasteiger charge is 2.62. The van der Waals surface area contributed by atoms with Crippen LogP contribution >= 0.6 is 11.6 Å². The van der Waals surface area contributed by atoms with Crippen molar-refractivity contribution in [3.8, 4) is 0 Å². The fraction of sp³-hybridized carbons (Fsp3) is 0.650. The van der Waals surface area contributed by atoms with Crippen molar-refractivity contribution in [3.63, 3.8) is 0 Å². The highest BCUT2D eigenvalue weighted by atomic mass is 35.5. The minimum Gasteiger partial charge on any atom is -0.434 e. The van der Waals surface area contributed by atoms with E-state index in [2.05, 4.69) is 15.0 Å². The van der Waals surface area contributed by atoms with Crippen LogP contribution in [0.2, 0.25) is 5.28 Å². The van der Waals surface area contributed by atoms with E-state index in [1.807, 2.05) is 13.8 Å². The molecule has 1 aliphatic rings. The fourth-order valence-corrected chi connectivity index (χ4v) is 3.50. The molecule has 2 N–H and O–H groups in total. The van der Waals surface area contributed by atoms with Crippen LogP contribution in [-0.4, -0.2) is 69.0 Å².